The number of ether oxygens (including phenoxy) is 2. The fourth-order valence-electron chi connectivity index (χ4n) is 2.77. The maximum atomic E-state index is 12.6. The van der Waals surface area contributed by atoms with Crippen LogP contribution in [0.4, 0.5) is 0 Å². The van der Waals surface area contributed by atoms with Gasteiger partial charge in [-0.2, -0.15) is 11.8 Å². The van der Waals surface area contributed by atoms with Gasteiger partial charge in [0.1, 0.15) is 24.1 Å². The molecule has 0 fully saturated rings. The van der Waals surface area contributed by atoms with Gasteiger partial charge in [0.2, 0.25) is 5.91 Å². The number of carbonyl (C=O) groups excluding carboxylic acids is 2. The number of hydrogen-bond donors (Lipinski definition) is 2. The second kappa shape index (κ2) is 14.4. The van der Waals surface area contributed by atoms with E-state index in [2.05, 4.69) is 17.6 Å². The van der Waals surface area contributed by atoms with Crippen molar-refractivity contribution in [3.63, 3.8) is 0 Å². The molecular weight excluding hydrogens is 412 g/mol. The molecule has 168 valence electrons. The van der Waals surface area contributed by atoms with Crippen molar-refractivity contribution in [3.05, 3.63) is 60.2 Å². The minimum atomic E-state index is -0.584. The van der Waals surface area contributed by atoms with Crippen molar-refractivity contribution in [2.75, 3.05) is 31.8 Å². The van der Waals surface area contributed by atoms with E-state index in [0.717, 1.165) is 24.3 Å². The molecule has 31 heavy (non-hydrogen) atoms. The van der Waals surface area contributed by atoms with Crippen molar-refractivity contribution < 1.29 is 19.1 Å². The highest BCUT2D eigenvalue weighted by Gasteiger charge is 2.20. The van der Waals surface area contributed by atoms with Crippen LogP contribution in [0.1, 0.15) is 36.5 Å². The van der Waals surface area contributed by atoms with Gasteiger partial charge in [0.05, 0.1) is 13.2 Å². The molecule has 0 saturated carbocycles. The lowest BCUT2D eigenvalue weighted by molar-refractivity contribution is -0.123. The first-order chi connectivity index (χ1) is 15.1. The van der Waals surface area contributed by atoms with Crippen LogP contribution < -0.4 is 20.1 Å². The Bertz CT molecular complexity index is 784. The molecule has 2 amide bonds. The van der Waals surface area contributed by atoms with Crippen LogP contribution in [-0.4, -0.2) is 49.6 Å². The Kier molecular flexibility index (Phi) is 11.4. The third-order valence-corrected chi connectivity index (χ3v) is 5.17. The summed E-state index contributed by atoms with van der Waals surface area (Å²) >= 11 is 1.64. The van der Waals surface area contributed by atoms with Gasteiger partial charge in [-0.05, 0) is 61.2 Å². The van der Waals surface area contributed by atoms with Crippen LogP contribution in [0.2, 0.25) is 0 Å². The van der Waals surface area contributed by atoms with Crippen LogP contribution >= 0.6 is 11.8 Å². The van der Waals surface area contributed by atoms with Gasteiger partial charge in [-0.1, -0.05) is 31.5 Å². The molecule has 2 rings (SSSR count). The predicted molar refractivity (Wildman–Crippen MR) is 126 cm³/mol. The average molecular weight is 445 g/mol. The number of amides is 2. The van der Waals surface area contributed by atoms with E-state index < -0.39 is 6.04 Å². The molecule has 0 aliphatic heterocycles. The summed E-state index contributed by atoms with van der Waals surface area (Å²) in [6, 6.07) is 15.8. The highest BCUT2D eigenvalue weighted by Crippen LogP contribution is 2.17. The zero-order valence-corrected chi connectivity index (χ0v) is 19.1. The smallest absolute Gasteiger partial charge is 0.251 e. The zero-order chi connectivity index (χ0) is 22.3. The first kappa shape index (κ1) is 24.6. The van der Waals surface area contributed by atoms with Crippen LogP contribution in [0, 0.1) is 0 Å². The third kappa shape index (κ3) is 9.34. The lowest BCUT2D eigenvalue weighted by Crippen LogP contribution is -2.47. The van der Waals surface area contributed by atoms with Gasteiger partial charge < -0.3 is 20.1 Å². The summed E-state index contributed by atoms with van der Waals surface area (Å²) < 4.78 is 11.3. The molecule has 0 bridgehead atoms. The molecule has 7 heteroatoms. The van der Waals surface area contributed by atoms with Crippen molar-refractivity contribution in [2.45, 2.75) is 32.2 Å². The van der Waals surface area contributed by atoms with Gasteiger partial charge in [0.25, 0.3) is 5.91 Å². The van der Waals surface area contributed by atoms with Crippen molar-refractivity contribution in [2.24, 2.45) is 0 Å². The first-order valence-corrected chi connectivity index (χ1v) is 12.0. The molecule has 0 aliphatic carbocycles. The van der Waals surface area contributed by atoms with Gasteiger partial charge in [-0.15, -0.1) is 0 Å². The van der Waals surface area contributed by atoms with Crippen molar-refractivity contribution in [1.29, 1.82) is 0 Å². The molecule has 0 spiro atoms. The van der Waals surface area contributed by atoms with Gasteiger partial charge in [-0.25, -0.2) is 0 Å². The minimum Gasteiger partial charge on any atom is -0.494 e. The number of carbonyl (C=O) groups is 2. The Hall–Kier alpha value is -2.67. The largest absolute Gasteiger partial charge is 0.494 e. The molecule has 0 radical (unpaired) electrons. The topological polar surface area (TPSA) is 76.7 Å². The lowest BCUT2D eigenvalue weighted by atomic mass is 10.1. The summed E-state index contributed by atoms with van der Waals surface area (Å²) in [4.78, 5) is 25.0. The van der Waals surface area contributed by atoms with Gasteiger partial charge >= 0.3 is 0 Å². The van der Waals surface area contributed by atoms with Gasteiger partial charge in [0.15, 0.2) is 0 Å². The SMILES string of the molecule is CCCCOc1ccc(OCCNC(=O)[C@@H](CCSC)NC(=O)c2ccccc2)cc1. The number of hydrogen-bond acceptors (Lipinski definition) is 5. The molecule has 0 aromatic heterocycles. The van der Waals surface area contributed by atoms with E-state index in [1.54, 1.807) is 36.0 Å². The Balaban J connectivity index is 1.76. The molecule has 0 aliphatic rings. The molecule has 0 heterocycles. The average Bonchev–Trinajstić information content (AvgIpc) is 2.81. The summed E-state index contributed by atoms with van der Waals surface area (Å²) in [6.07, 6.45) is 4.66. The van der Waals surface area contributed by atoms with E-state index in [1.807, 2.05) is 36.6 Å². The van der Waals surface area contributed by atoms with Crippen molar-refractivity contribution in [3.8, 4) is 11.5 Å². The lowest BCUT2D eigenvalue weighted by Gasteiger charge is -2.18. The predicted octanol–water partition coefficient (Wildman–Crippen LogP) is 3.91. The van der Waals surface area contributed by atoms with E-state index in [1.165, 1.54) is 0 Å². The molecule has 2 aromatic rings. The summed E-state index contributed by atoms with van der Waals surface area (Å²) in [5.74, 6) is 1.85. The second-order valence-corrected chi connectivity index (χ2v) is 7.97. The van der Waals surface area contributed by atoms with Crippen molar-refractivity contribution in [1.82, 2.24) is 10.6 Å². The van der Waals surface area contributed by atoms with Crippen molar-refractivity contribution >= 4 is 23.6 Å². The van der Waals surface area contributed by atoms with Crippen LogP contribution in [0.3, 0.4) is 0 Å². The molecule has 0 saturated heterocycles. The molecule has 6 nitrogen and oxygen atoms in total. The monoisotopic (exact) mass is 444 g/mol. The fourth-order valence-corrected chi connectivity index (χ4v) is 3.24. The maximum absolute atomic E-state index is 12.6. The summed E-state index contributed by atoms with van der Waals surface area (Å²) in [5.41, 5.74) is 0.537. The van der Waals surface area contributed by atoms with E-state index in [-0.39, 0.29) is 11.8 Å². The zero-order valence-electron chi connectivity index (χ0n) is 18.3. The van der Waals surface area contributed by atoms with Crippen LogP contribution in [0.5, 0.6) is 11.5 Å². The first-order valence-electron chi connectivity index (χ1n) is 10.6. The Morgan fingerprint density at radius 1 is 0.968 bits per heavy atom. The van der Waals surface area contributed by atoms with E-state index in [4.69, 9.17) is 9.47 Å². The fraction of sp³-hybridized carbons (Fsp3) is 0.417. The van der Waals surface area contributed by atoms with Crippen LogP contribution in [0.25, 0.3) is 0 Å². The van der Waals surface area contributed by atoms with E-state index in [0.29, 0.717) is 37.5 Å². The molecule has 2 aromatic carbocycles. The highest BCUT2D eigenvalue weighted by atomic mass is 32.2. The van der Waals surface area contributed by atoms with Crippen LogP contribution in [-0.2, 0) is 4.79 Å². The third-order valence-electron chi connectivity index (χ3n) is 4.53. The maximum Gasteiger partial charge on any atom is 0.251 e. The number of benzene rings is 2. The number of rotatable bonds is 14. The van der Waals surface area contributed by atoms with Crippen LogP contribution in [0.15, 0.2) is 54.6 Å². The number of thioether (sulfide) groups is 1. The second-order valence-electron chi connectivity index (χ2n) is 6.99. The summed E-state index contributed by atoms with van der Waals surface area (Å²) in [7, 11) is 0. The Labute approximate surface area is 189 Å². The van der Waals surface area contributed by atoms with E-state index in [9.17, 15) is 9.59 Å². The number of nitrogens with one attached hydrogen (secondary N) is 2. The van der Waals surface area contributed by atoms with Gasteiger partial charge in [-0.3, -0.25) is 9.59 Å². The standard InChI is InChI=1S/C24H32N2O4S/c1-3-4-16-29-20-10-12-21(13-11-20)30-17-15-25-24(28)22(14-18-31-2)26-23(27)19-8-6-5-7-9-19/h5-13,22H,3-4,14-18H2,1-2H3,(H,25,28)(H,26,27)/t22-/m1/s1. The molecular formula is C24H32N2O4S. The molecule has 1 atom stereocenters. The Morgan fingerprint density at radius 2 is 1.61 bits per heavy atom. The molecule has 2 N–H and O–H groups in total. The summed E-state index contributed by atoms with van der Waals surface area (Å²) in [6.45, 7) is 3.52. The summed E-state index contributed by atoms with van der Waals surface area (Å²) in [5, 5.41) is 5.69. The Morgan fingerprint density at radius 3 is 2.23 bits per heavy atom. The normalized spacial score (nSPS) is 11.4. The van der Waals surface area contributed by atoms with Gasteiger partial charge in [0, 0.05) is 5.56 Å². The highest BCUT2D eigenvalue weighted by molar-refractivity contribution is 7.98. The van der Waals surface area contributed by atoms with E-state index >= 15 is 0 Å². The molecule has 0 unspecified atom stereocenters. The minimum absolute atomic E-state index is 0.207. The number of unbranched alkanes of at least 4 members (excludes halogenated alkanes) is 1. The quantitative estimate of drug-likeness (QED) is 0.432.